The van der Waals surface area contributed by atoms with Gasteiger partial charge in [-0.25, -0.2) is 17.5 Å². The highest BCUT2D eigenvalue weighted by Crippen LogP contribution is 2.38. The third-order valence-corrected chi connectivity index (χ3v) is 6.16. The van der Waals surface area contributed by atoms with E-state index < -0.39 is 15.8 Å². The Hall–Kier alpha value is -2.12. The molecule has 2 aromatic rings. The molecule has 134 valence electrons. The van der Waals surface area contributed by atoms with Crippen LogP contribution in [0.1, 0.15) is 37.2 Å². The lowest BCUT2D eigenvalue weighted by atomic mass is 9.81. The van der Waals surface area contributed by atoms with Crippen LogP contribution in [0.15, 0.2) is 47.4 Å². The van der Waals surface area contributed by atoms with E-state index in [1.54, 1.807) is 12.1 Å². The fourth-order valence-electron chi connectivity index (χ4n) is 3.30. The van der Waals surface area contributed by atoms with Gasteiger partial charge in [-0.1, -0.05) is 6.07 Å². The fraction of sp³-hybridized carbons (Fsp3) is 0.333. The number of aromatic hydroxyl groups is 2. The lowest BCUT2D eigenvalue weighted by Crippen LogP contribution is -2.37. The highest BCUT2D eigenvalue weighted by atomic mass is 32.2. The molecule has 0 aliphatic heterocycles. The summed E-state index contributed by atoms with van der Waals surface area (Å²) in [6, 6.07) is 9.12. The van der Waals surface area contributed by atoms with Gasteiger partial charge in [0.25, 0.3) is 0 Å². The third-order valence-electron chi connectivity index (χ3n) is 4.63. The van der Waals surface area contributed by atoms with Crippen molar-refractivity contribution in [3.63, 3.8) is 0 Å². The molecule has 0 aromatic heterocycles. The van der Waals surface area contributed by atoms with E-state index >= 15 is 0 Å². The lowest BCUT2D eigenvalue weighted by Gasteiger charge is -2.29. The molecule has 1 fully saturated rings. The van der Waals surface area contributed by atoms with Gasteiger partial charge in [0.2, 0.25) is 10.0 Å². The predicted molar refractivity (Wildman–Crippen MR) is 91.5 cm³/mol. The Morgan fingerprint density at radius 2 is 1.60 bits per heavy atom. The number of hydrogen-bond acceptors (Lipinski definition) is 4. The van der Waals surface area contributed by atoms with E-state index in [-0.39, 0.29) is 28.4 Å². The molecule has 0 unspecified atom stereocenters. The second-order valence-corrected chi connectivity index (χ2v) is 8.08. The Morgan fingerprint density at radius 1 is 0.960 bits per heavy atom. The molecule has 0 amide bonds. The quantitative estimate of drug-likeness (QED) is 0.776. The second-order valence-electron chi connectivity index (χ2n) is 6.37. The molecule has 2 aromatic carbocycles. The molecule has 1 saturated carbocycles. The van der Waals surface area contributed by atoms with Gasteiger partial charge in [-0.05, 0) is 67.5 Å². The highest BCUT2D eigenvalue weighted by Gasteiger charge is 2.27. The monoisotopic (exact) mass is 365 g/mol. The van der Waals surface area contributed by atoms with Crippen LogP contribution in [0.25, 0.3) is 0 Å². The molecule has 0 radical (unpaired) electrons. The summed E-state index contributed by atoms with van der Waals surface area (Å²) in [6.07, 6.45) is 2.75. The first kappa shape index (κ1) is 17.7. The second kappa shape index (κ2) is 7.01. The van der Waals surface area contributed by atoms with Gasteiger partial charge in [0.15, 0.2) is 0 Å². The minimum Gasteiger partial charge on any atom is -0.508 e. The molecule has 7 heteroatoms. The third kappa shape index (κ3) is 4.11. The first-order valence-electron chi connectivity index (χ1n) is 8.15. The van der Waals surface area contributed by atoms with Crippen LogP contribution in [-0.2, 0) is 10.0 Å². The zero-order valence-corrected chi connectivity index (χ0v) is 14.3. The van der Waals surface area contributed by atoms with E-state index in [2.05, 4.69) is 4.72 Å². The Bertz CT molecular complexity index is 844. The number of benzene rings is 2. The molecule has 1 aliphatic rings. The SMILES string of the molecule is O=S(=O)(NC1CCC(c2ccc(O)cc2O)CC1)c1ccc(F)cc1. The van der Waals surface area contributed by atoms with Crippen molar-refractivity contribution in [2.24, 2.45) is 0 Å². The maximum absolute atomic E-state index is 12.9. The molecule has 3 N–H and O–H groups in total. The first-order valence-corrected chi connectivity index (χ1v) is 9.63. The van der Waals surface area contributed by atoms with E-state index in [1.807, 2.05) is 0 Å². The Balaban J connectivity index is 1.63. The predicted octanol–water partition coefficient (Wildman–Crippen LogP) is 3.24. The molecule has 0 saturated heterocycles. The van der Waals surface area contributed by atoms with Crippen molar-refractivity contribution in [3.05, 3.63) is 53.8 Å². The maximum Gasteiger partial charge on any atom is 0.240 e. The molecule has 25 heavy (non-hydrogen) atoms. The van der Waals surface area contributed by atoms with Crippen molar-refractivity contribution in [2.45, 2.75) is 42.5 Å². The van der Waals surface area contributed by atoms with Gasteiger partial charge in [-0.15, -0.1) is 0 Å². The first-order chi connectivity index (χ1) is 11.8. The zero-order valence-electron chi connectivity index (χ0n) is 13.5. The van der Waals surface area contributed by atoms with E-state index in [9.17, 15) is 23.0 Å². The van der Waals surface area contributed by atoms with Crippen molar-refractivity contribution >= 4 is 10.0 Å². The van der Waals surface area contributed by atoms with Crippen LogP contribution in [-0.4, -0.2) is 24.7 Å². The number of phenolic OH excluding ortho intramolecular Hbond substituents is 2. The van der Waals surface area contributed by atoms with E-state index in [0.717, 1.165) is 30.5 Å². The summed E-state index contributed by atoms with van der Waals surface area (Å²) in [6.45, 7) is 0. The number of hydrogen-bond donors (Lipinski definition) is 3. The molecule has 0 bridgehead atoms. The van der Waals surface area contributed by atoms with Crippen LogP contribution < -0.4 is 4.72 Å². The van der Waals surface area contributed by atoms with Crippen molar-refractivity contribution in [1.29, 1.82) is 0 Å². The summed E-state index contributed by atoms with van der Waals surface area (Å²) in [5.41, 5.74) is 0.776. The number of rotatable bonds is 4. The van der Waals surface area contributed by atoms with E-state index in [4.69, 9.17) is 0 Å². The van der Waals surface area contributed by atoms with Gasteiger partial charge in [-0.2, -0.15) is 0 Å². The maximum atomic E-state index is 12.9. The van der Waals surface area contributed by atoms with Crippen LogP contribution in [0.4, 0.5) is 4.39 Å². The summed E-state index contributed by atoms with van der Waals surface area (Å²) >= 11 is 0. The molecule has 0 heterocycles. The summed E-state index contributed by atoms with van der Waals surface area (Å²) in [5, 5.41) is 19.3. The van der Waals surface area contributed by atoms with Gasteiger partial charge in [-0.3, -0.25) is 0 Å². The largest absolute Gasteiger partial charge is 0.508 e. The van der Waals surface area contributed by atoms with Crippen molar-refractivity contribution in [2.75, 3.05) is 0 Å². The van der Waals surface area contributed by atoms with Crippen LogP contribution >= 0.6 is 0 Å². The normalized spacial score (nSPS) is 21.2. The van der Waals surface area contributed by atoms with E-state index in [0.29, 0.717) is 12.8 Å². The Morgan fingerprint density at radius 3 is 2.20 bits per heavy atom. The highest BCUT2D eigenvalue weighted by molar-refractivity contribution is 7.89. The summed E-state index contributed by atoms with van der Waals surface area (Å²) < 4.78 is 40.3. The lowest BCUT2D eigenvalue weighted by molar-refractivity contribution is 0.362. The molecule has 3 rings (SSSR count). The van der Waals surface area contributed by atoms with Gasteiger partial charge < -0.3 is 10.2 Å². The number of sulfonamides is 1. The summed E-state index contributed by atoms with van der Waals surface area (Å²) in [7, 11) is -3.67. The molecular weight excluding hydrogens is 345 g/mol. The van der Waals surface area contributed by atoms with Crippen molar-refractivity contribution in [3.8, 4) is 11.5 Å². The van der Waals surface area contributed by atoms with Gasteiger partial charge >= 0.3 is 0 Å². The minimum absolute atomic E-state index is 0.0157. The standard InChI is InChI=1S/C18H20FNO4S/c19-13-3-8-16(9-4-13)25(23,24)20-14-5-1-12(2-6-14)17-10-7-15(21)11-18(17)22/h3-4,7-12,14,20-22H,1-2,5-6H2. The van der Waals surface area contributed by atoms with Crippen molar-refractivity contribution in [1.82, 2.24) is 4.72 Å². The average molecular weight is 365 g/mol. The molecule has 5 nitrogen and oxygen atoms in total. The molecule has 1 aliphatic carbocycles. The van der Waals surface area contributed by atoms with Crippen molar-refractivity contribution < 1.29 is 23.0 Å². The van der Waals surface area contributed by atoms with Crippen LogP contribution in [0, 0.1) is 5.82 Å². The Kier molecular flexibility index (Phi) is 4.96. The molecular formula is C18H20FNO4S. The van der Waals surface area contributed by atoms with Crippen LogP contribution in [0.2, 0.25) is 0 Å². The number of halogens is 1. The van der Waals surface area contributed by atoms with Gasteiger partial charge in [0.05, 0.1) is 4.90 Å². The van der Waals surface area contributed by atoms with Crippen LogP contribution in [0.3, 0.4) is 0 Å². The molecule has 0 spiro atoms. The summed E-state index contributed by atoms with van der Waals surface area (Å²) in [5.74, 6) is -0.266. The molecule has 0 atom stereocenters. The summed E-state index contributed by atoms with van der Waals surface area (Å²) in [4.78, 5) is 0.0483. The van der Waals surface area contributed by atoms with Crippen LogP contribution in [0.5, 0.6) is 11.5 Å². The van der Waals surface area contributed by atoms with E-state index in [1.165, 1.54) is 18.2 Å². The Labute approximate surface area is 146 Å². The minimum atomic E-state index is -3.67. The number of nitrogens with one attached hydrogen (secondary N) is 1. The smallest absolute Gasteiger partial charge is 0.240 e. The topological polar surface area (TPSA) is 86.6 Å². The zero-order chi connectivity index (χ0) is 18.0. The average Bonchev–Trinajstić information content (AvgIpc) is 2.56. The number of phenols is 2. The fourth-order valence-corrected chi connectivity index (χ4v) is 4.61. The van der Waals surface area contributed by atoms with Gasteiger partial charge in [0, 0.05) is 12.1 Å². The van der Waals surface area contributed by atoms with Gasteiger partial charge in [0.1, 0.15) is 17.3 Å².